The van der Waals surface area contributed by atoms with Gasteiger partial charge in [0.2, 0.25) is 0 Å². The fraction of sp³-hybridized carbons (Fsp3) is 0.833. The minimum Gasteiger partial charge on any atom is -0.450 e. The Morgan fingerprint density at radius 2 is 1.75 bits per heavy atom. The lowest BCUT2D eigenvalue weighted by Crippen LogP contribution is -2.41. The summed E-state index contributed by atoms with van der Waals surface area (Å²) in [7, 11) is 0. The maximum atomic E-state index is 11.6. The molecule has 1 amide bonds. The Kier molecular flexibility index (Phi) is 6.77. The number of carbonyl (C=O) groups excluding carboxylic acids is 2. The molecule has 0 aromatic heterocycles. The second-order valence-electron chi connectivity index (χ2n) is 4.03. The maximum absolute atomic E-state index is 11.6. The highest BCUT2D eigenvalue weighted by molar-refractivity contribution is 5.83. The van der Waals surface area contributed by atoms with Gasteiger partial charge in [-0.2, -0.15) is 0 Å². The summed E-state index contributed by atoms with van der Waals surface area (Å²) < 4.78 is 4.89. The van der Waals surface area contributed by atoms with Gasteiger partial charge in [0, 0.05) is 12.0 Å². The average Bonchev–Trinajstić information content (AvgIpc) is 2.28. The maximum Gasteiger partial charge on any atom is 0.407 e. The molecule has 94 valence electrons. The van der Waals surface area contributed by atoms with Crippen LogP contribution in [0.25, 0.3) is 0 Å². The third kappa shape index (κ3) is 4.21. The van der Waals surface area contributed by atoms with E-state index in [1.165, 1.54) is 0 Å². The van der Waals surface area contributed by atoms with Crippen LogP contribution in [0.4, 0.5) is 4.79 Å². The lowest BCUT2D eigenvalue weighted by molar-refractivity contribution is -0.126. The zero-order valence-electron chi connectivity index (χ0n) is 10.8. The molecule has 16 heavy (non-hydrogen) atoms. The first kappa shape index (κ1) is 14.9. The summed E-state index contributed by atoms with van der Waals surface area (Å²) in [6, 6.07) is 0. The van der Waals surface area contributed by atoms with Crippen molar-refractivity contribution in [2.45, 2.75) is 47.0 Å². The molecule has 0 spiro atoms. The topological polar surface area (TPSA) is 55.4 Å². The van der Waals surface area contributed by atoms with E-state index in [-0.39, 0.29) is 5.78 Å². The van der Waals surface area contributed by atoms with Gasteiger partial charge in [-0.25, -0.2) is 4.79 Å². The van der Waals surface area contributed by atoms with Gasteiger partial charge in [-0.3, -0.25) is 4.79 Å². The molecule has 0 aromatic carbocycles. The number of amides is 1. The van der Waals surface area contributed by atoms with Crippen LogP contribution in [-0.4, -0.2) is 25.0 Å². The standard InChI is InChI=1S/C12H23NO3/c1-5-8-16-11(15)13-9-12(6-2,7-3)10(4)14/h5-9H2,1-4H3,(H,13,15). The smallest absolute Gasteiger partial charge is 0.407 e. The predicted molar refractivity (Wildman–Crippen MR) is 63.3 cm³/mol. The van der Waals surface area contributed by atoms with Crippen molar-refractivity contribution in [3.63, 3.8) is 0 Å². The van der Waals surface area contributed by atoms with Gasteiger partial charge in [0.15, 0.2) is 0 Å². The number of rotatable bonds is 7. The zero-order valence-corrected chi connectivity index (χ0v) is 10.8. The van der Waals surface area contributed by atoms with E-state index in [1.807, 2.05) is 20.8 Å². The molecule has 0 fully saturated rings. The molecule has 0 unspecified atom stereocenters. The van der Waals surface area contributed by atoms with Crippen molar-refractivity contribution in [3.8, 4) is 0 Å². The minimum atomic E-state index is -0.439. The molecule has 0 atom stereocenters. The minimum absolute atomic E-state index is 0.119. The summed E-state index contributed by atoms with van der Waals surface area (Å²) in [5.74, 6) is 0.119. The molecule has 0 aliphatic rings. The van der Waals surface area contributed by atoms with E-state index in [1.54, 1.807) is 6.92 Å². The van der Waals surface area contributed by atoms with Gasteiger partial charge in [0.25, 0.3) is 0 Å². The predicted octanol–water partition coefficient (Wildman–Crippen LogP) is 2.52. The quantitative estimate of drug-likeness (QED) is 0.729. The van der Waals surface area contributed by atoms with Crippen LogP contribution >= 0.6 is 0 Å². The number of Topliss-reactive ketones (excluding diaryl/α,β-unsaturated/α-hetero) is 1. The molecule has 0 aliphatic carbocycles. The largest absolute Gasteiger partial charge is 0.450 e. The summed E-state index contributed by atoms with van der Waals surface area (Å²) >= 11 is 0. The Hall–Kier alpha value is -1.06. The SMILES string of the molecule is CCCOC(=O)NCC(CC)(CC)C(C)=O. The van der Waals surface area contributed by atoms with Gasteiger partial charge in [-0.1, -0.05) is 20.8 Å². The highest BCUT2D eigenvalue weighted by Crippen LogP contribution is 2.26. The van der Waals surface area contributed by atoms with E-state index in [2.05, 4.69) is 5.32 Å². The van der Waals surface area contributed by atoms with E-state index < -0.39 is 11.5 Å². The van der Waals surface area contributed by atoms with Crippen LogP contribution in [0.15, 0.2) is 0 Å². The van der Waals surface area contributed by atoms with Crippen molar-refractivity contribution in [1.82, 2.24) is 5.32 Å². The van der Waals surface area contributed by atoms with Crippen molar-refractivity contribution < 1.29 is 14.3 Å². The summed E-state index contributed by atoms with van der Waals surface area (Å²) in [6.07, 6.45) is 1.82. The van der Waals surface area contributed by atoms with Crippen LogP contribution in [0, 0.1) is 5.41 Å². The molecule has 4 heteroatoms. The fourth-order valence-electron chi connectivity index (χ4n) is 1.61. The molecule has 0 rings (SSSR count). The van der Waals surface area contributed by atoms with Crippen LogP contribution in [-0.2, 0) is 9.53 Å². The van der Waals surface area contributed by atoms with E-state index >= 15 is 0 Å². The van der Waals surface area contributed by atoms with Gasteiger partial charge < -0.3 is 10.1 Å². The molecular weight excluding hydrogens is 206 g/mol. The molecule has 4 nitrogen and oxygen atoms in total. The summed E-state index contributed by atoms with van der Waals surface area (Å²) in [4.78, 5) is 22.8. The highest BCUT2D eigenvalue weighted by atomic mass is 16.5. The monoisotopic (exact) mass is 229 g/mol. The number of hydrogen-bond donors (Lipinski definition) is 1. The summed E-state index contributed by atoms with van der Waals surface area (Å²) in [6.45, 7) is 8.21. The van der Waals surface area contributed by atoms with Crippen molar-refractivity contribution in [2.75, 3.05) is 13.2 Å². The number of carbonyl (C=O) groups is 2. The molecular formula is C12H23NO3. The normalized spacial score (nSPS) is 11.0. The Bertz CT molecular complexity index is 234. The lowest BCUT2D eigenvalue weighted by Gasteiger charge is -2.28. The van der Waals surface area contributed by atoms with E-state index in [0.29, 0.717) is 13.2 Å². The number of ether oxygens (including phenoxy) is 1. The van der Waals surface area contributed by atoms with Crippen molar-refractivity contribution in [3.05, 3.63) is 0 Å². The van der Waals surface area contributed by atoms with Crippen molar-refractivity contribution >= 4 is 11.9 Å². The number of alkyl carbamates (subject to hydrolysis) is 1. The van der Waals surface area contributed by atoms with Gasteiger partial charge in [-0.05, 0) is 26.2 Å². The molecule has 0 aromatic rings. The molecule has 1 N–H and O–H groups in total. The second-order valence-corrected chi connectivity index (χ2v) is 4.03. The van der Waals surface area contributed by atoms with Gasteiger partial charge in [0.1, 0.15) is 5.78 Å². The Morgan fingerprint density at radius 3 is 2.12 bits per heavy atom. The molecule has 0 saturated heterocycles. The molecule has 0 saturated carbocycles. The number of nitrogens with one attached hydrogen (secondary N) is 1. The van der Waals surface area contributed by atoms with Crippen LogP contribution < -0.4 is 5.32 Å². The van der Waals surface area contributed by atoms with E-state index in [4.69, 9.17) is 4.74 Å². The third-order valence-corrected chi connectivity index (χ3v) is 3.11. The molecule has 0 aliphatic heterocycles. The van der Waals surface area contributed by atoms with Gasteiger partial charge >= 0.3 is 6.09 Å². The second kappa shape index (κ2) is 7.25. The average molecular weight is 229 g/mol. The summed E-state index contributed by atoms with van der Waals surface area (Å²) in [5, 5.41) is 2.66. The first-order valence-corrected chi connectivity index (χ1v) is 5.94. The summed E-state index contributed by atoms with van der Waals surface area (Å²) in [5.41, 5.74) is -0.439. The lowest BCUT2D eigenvalue weighted by atomic mass is 9.79. The Labute approximate surface area is 97.7 Å². The zero-order chi connectivity index (χ0) is 12.6. The van der Waals surface area contributed by atoms with Gasteiger partial charge in [-0.15, -0.1) is 0 Å². The Morgan fingerprint density at radius 1 is 1.19 bits per heavy atom. The van der Waals surface area contributed by atoms with Crippen molar-refractivity contribution in [1.29, 1.82) is 0 Å². The van der Waals surface area contributed by atoms with E-state index in [9.17, 15) is 9.59 Å². The van der Waals surface area contributed by atoms with Crippen LogP contribution in [0.5, 0.6) is 0 Å². The van der Waals surface area contributed by atoms with Crippen molar-refractivity contribution in [2.24, 2.45) is 5.41 Å². The number of ketones is 1. The third-order valence-electron chi connectivity index (χ3n) is 3.11. The first-order valence-electron chi connectivity index (χ1n) is 5.94. The Balaban J connectivity index is 4.22. The van der Waals surface area contributed by atoms with Crippen LogP contribution in [0.3, 0.4) is 0 Å². The van der Waals surface area contributed by atoms with Gasteiger partial charge in [0.05, 0.1) is 6.61 Å². The number of hydrogen-bond acceptors (Lipinski definition) is 3. The molecule has 0 heterocycles. The van der Waals surface area contributed by atoms with Crippen LogP contribution in [0.1, 0.15) is 47.0 Å². The highest BCUT2D eigenvalue weighted by Gasteiger charge is 2.31. The van der Waals surface area contributed by atoms with Crippen LogP contribution in [0.2, 0.25) is 0 Å². The fourth-order valence-corrected chi connectivity index (χ4v) is 1.61. The molecule has 0 bridgehead atoms. The van der Waals surface area contributed by atoms with E-state index in [0.717, 1.165) is 19.3 Å². The molecule has 0 radical (unpaired) electrons. The first-order chi connectivity index (χ1) is 7.52.